The molecule has 2 heterocycles. The first kappa shape index (κ1) is 42.2. The second kappa shape index (κ2) is 22.0. The first-order valence-corrected chi connectivity index (χ1v) is 18.6. The SMILES string of the molecule is CCCC(C)CCC.CCCCCCC.COc1ccc(-c2[nH]c3ccc(C4CCN(CC(C)=O)CC4)cc3c2CC(F)(F)F)cc1OC. The van der Waals surface area contributed by atoms with Gasteiger partial charge >= 0.3 is 6.18 Å². The number of rotatable bonds is 15. The van der Waals surface area contributed by atoms with Crippen molar-refractivity contribution in [2.24, 2.45) is 5.92 Å². The van der Waals surface area contributed by atoms with E-state index in [2.05, 4.69) is 44.5 Å². The zero-order valence-electron chi connectivity index (χ0n) is 31.5. The third-order valence-corrected chi connectivity index (χ3v) is 9.25. The van der Waals surface area contributed by atoms with Gasteiger partial charge in [0.25, 0.3) is 0 Å². The Kier molecular flexibility index (Phi) is 18.9. The predicted molar refractivity (Wildman–Crippen MR) is 199 cm³/mol. The van der Waals surface area contributed by atoms with Gasteiger partial charge in [0.15, 0.2) is 11.5 Å². The average molecular weight is 689 g/mol. The summed E-state index contributed by atoms with van der Waals surface area (Å²) in [6.45, 7) is 15.0. The van der Waals surface area contributed by atoms with Gasteiger partial charge in [0.1, 0.15) is 5.78 Å². The summed E-state index contributed by atoms with van der Waals surface area (Å²) in [5.41, 5.74) is 2.97. The van der Waals surface area contributed by atoms with Gasteiger partial charge in [-0.1, -0.05) is 98.5 Å². The molecule has 0 amide bonds. The summed E-state index contributed by atoms with van der Waals surface area (Å²) >= 11 is 0. The Morgan fingerprint density at radius 3 is 2.00 bits per heavy atom. The van der Waals surface area contributed by atoms with Crippen LogP contribution in [0, 0.1) is 5.92 Å². The molecular weight excluding hydrogens is 625 g/mol. The molecule has 0 saturated carbocycles. The van der Waals surface area contributed by atoms with Crippen LogP contribution in [0.1, 0.15) is 129 Å². The Morgan fingerprint density at radius 1 is 0.878 bits per heavy atom. The molecule has 4 rings (SSSR count). The molecule has 8 heteroatoms. The van der Waals surface area contributed by atoms with Crippen molar-refractivity contribution in [1.29, 1.82) is 0 Å². The highest BCUT2D eigenvalue weighted by molar-refractivity contribution is 5.91. The second-order valence-corrected chi connectivity index (χ2v) is 13.6. The minimum Gasteiger partial charge on any atom is -0.493 e. The topological polar surface area (TPSA) is 54.6 Å². The Bertz CT molecular complexity index is 1370. The summed E-state index contributed by atoms with van der Waals surface area (Å²) in [6.07, 6.45) is 8.89. The molecule has 3 aromatic rings. The molecule has 5 nitrogen and oxygen atoms in total. The van der Waals surface area contributed by atoms with Gasteiger partial charge in [-0.3, -0.25) is 9.69 Å². The van der Waals surface area contributed by atoms with Gasteiger partial charge in [0.05, 0.1) is 32.9 Å². The number of ether oxygens (including phenoxy) is 2. The van der Waals surface area contributed by atoms with E-state index < -0.39 is 12.6 Å². The second-order valence-electron chi connectivity index (χ2n) is 13.6. The number of piperidine rings is 1. The van der Waals surface area contributed by atoms with Crippen molar-refractivity contribution in [2.75, 3.05) is 33.9 Å². The molecule has 0 atom stereocenters. The van der Waals surface area contributed by atoms with Crippen LogP contribution in [0.3, 0.4) is 0 Å². The molecule has 1 aromatic heterocycles. The van der Waals surface area contributed by atoms with Gasteiger partial charge in [-0.05, 0) is 86.1 Å². The van der Waals surface area contributed by atoms with Crippen LogP contribution >= 0.6 is 0 Å². The number of Topliss-reactive ketones (excluding diaryl/α,β-unsaturated/α-hetero) is 1. The maximum absolute atomic E-state index is 13.6. The number of fused-ring (bicyclic) bond motifs is 1. The molecular formula is C41H63F3N2O3. The summed E-state index contributed by atoms with van der Waals surface area (Å²) < 4.78 is 51.5. The number of aromatic amines is 1. The van der Waals surface area contributed by atoms with E-state index in [1.807, 2.05) is 18.2 Å². The molecule has 49 heavy (non-hydrogen) atoms. The van der Waals surface area contributed by atoms with E-state index in [1.54, 1.807) is 25.1 Å². The number of halogens is 3. The van der Waals surface area contributed by atoms with E-state index in [0.29, 0.717) is 40.2 Å². The zero-order chi connectivity index (χ0) is 36.4. The van der Waals surface area contributed by atoms with E-state index in [9.17, 15) is 18.0 Å². The summed E-state index contributed by atoms with van der Waals surface area (Å²) in [6, 6.07) is 10.9. The standard InChI is InChI=1S/C26H29F3N2O3.C8H18.C7H16/c1-16(32)15-31-10-8-17(9-11-31)18-4-6-22-20(12-18)21(14-26(27,28)29)25(30-22)19-5-7-23(33-2)24(13-19)34-3;1-4-6-8(3)7-5-2;1-3-5-7-6-4-2/h4-7,12-13,17,30H,8-11,14-15H2,1-3H3;8H,4-7H2,1-3H3;3-7H2,1-2H3. The van der Waals surface area contributed by atoms with Crippen molar-refractivity contribution in [2.45, 2.75) is 131 Å². The van der Waals surface area contributed by atoms with Crippen LogP contribution in [-0.4, -0.2) is 55.7 Å². The summed E-state index contributed by atoms with van der Waals surface area (Å²) in [5.74, 6) is 2.33. The number of hydrogen-bond acceptors (Lipinski definition) is 4. The third kappa shape index (κ3) is 14.4. The molecule has 0 spiro atoms. The Labute approximate surface area is 294 Å². The largest absolute Gasteiger partial charge is 0.493 e. The molecule has 1 saturated heterocycles. The first-order valence-electron chi connectivity index (χ1n) is 18.6. The van der Waals surface area contributed by atoms with E-state index in [0.717, 1.165) is 37.4 Å². The van der Waals surface area contributed by atoms with Gasteiger partial charge in [-0.15, -0.1) is 0 Å². The fourth-order valence-electron chi connectivity index (χ4n) is 6.69. The van der Waals surface area contributed by atoms with E-state index in [4.69, 9.17) is 9.47 Å². The highest BCUT2D eigenvalue weighted by Crippen LogP contribution is 2.40. The number of alkyl halides is 3. The van der Waals surface area contributed by atoms with Crippen molar-refractivity contribution >= 4 is 16.7 Å². The molecule has 1 aliphatic rings. The predicted octanol–water partition coefficient (Wildman–Crippen LogP) is 11.9. The number of methoxy groups -OCH3 is 2. The van der Waals surface area contributed by atoms with Crippen LogP contribution in [0.4, 0.5) is 13.2 Å². The number of benzene rings is 2. The number of unbranched alkanes of at least 4 members (excludes halogenated alkanes) is 4. The summed E-state index contributed by atoms with van der Waals surface area (Å²) in [4.78, 5) is 16.8. The normalized spacial score (nSPS) is 13.9. The van der Waals surface area contributed by atoms with E-state index in [-0.39, 0.29) is 17.3 Å². The maximum atomic E-state index is 13.6. The number of carbonyl (C=O) groups is 1. The number of likely N-dealkylation sites (tertiary alicyclic amines) is 1. The molecule has 1 fully saturated rings. The molecule has 1 aliphatic heterocycles. The van der Waals surface area contributed by atoms with E-state index in [1.165, 1.54) is 72.0 Å². The summed E-state index contributed by atoms with van der Waals surface area (Å²) in [7, 11) is 3.01. The van der Waals surface area contributed by atoms with Crippen molar-refractivity contribution < 1.29 is 27.4 Å². The number of carbonyl (C=O) groups excluding carboxylic acids is 1. The Morgan fingerprint density at radius 2 is 1.49 bits per heavy atom. The lowest BCUT2D eigenvalue weighted by molar-refractivity contribution is -0.127. The fourth-order valence-corrected chi connectivity index (χ4v) is 6.69. The monoisotopic (exact) mass is 688 g/mol. The van der Waals surface area contributed by atoms with Gasteiger partial charge in [0.2, 0.25) is 0 Å². The zero-order valence-corrected chi connectivity index (χ0v) is 31.5. The van der Waals surface area contributed by atoms with Gasteiger partial charge in [0, 0.05) is 16.5 Å². The quantitative estimate of drug-likeness (QED) is 0.162. The lowest BCUT2D eigenvalue weighted by Gasteiger charge is -2.31. The smallest absolute Gasteiger partial charge is 0.393 e. The van der Waals surface area contributed by atoms with Crippen LogP contribution in [-0.2, 0) is 11.2 Å². The lowest BCUT2D eigenvalue weighted by atomic mass is 9.88. The van der Waals surface area contributed by atoms with Crippen LogP contribution in [0.2, 0.25) is 0 Å². The van der Waals surface area contributed by atoms with Crippen LogP contribution in [0.25, 0.3) is 22.2 Å². The van der Waals surface area contributed by atoms with Crippen LogP contribution in [0.5, 0.6) is 11.5 Å². The van der Waals surface area contributed by atoms with E-state index >= 15 is 0 Å². The molecule has 0 bridgehead atoms. The molecule has 0 aliphatic carbocycles. The Hall–Kier alpha value is -3.00. The lowest BCUT2D eigenvalue weighted by Crippen LogP contribution is -2.36. The van der Waals surface area contributed by atoms with Crippen LogP contribution < -0.4 is 9.47 Å². The Balaban J connectivity index is 0.000000463. The highest BCUT2D eigenvalue weighted by Gasteiger charge is 2.32. The van der Waals surface area contributed by atoms with Crippen molar-refractivity contribution in [3.8, 4) is 22.8 Å². The van der Waals surface area contributed by atoms with Crippen LogP contribution in [0.15, 0.2) is 36.4 Å². The number of H-pyrrole nitrogens is 1. The molecule has 1 N–H and O–H groups in total. The van der Waals surface area contributed by atoms with Gasteiger partial charge < -0.3 is 14.5 Å². The highest BCUT2D eigenvalue weighted by atomic mass is 19.4. The average Bonchev–Trinajstić information content (AvgIpc) is 3.41. The van der Waals surface area contributed by atoms with Crippen molar-refractivity contribution in [1.82, 2.24) is 9.88 Å². The molecule has 0 unspecified atom stereocenters. The number of nitrogens with zero attached hydrogens (tertiary/aromatic N) is 1. The fraction of sp³-hybridized carbons (Fsp3) is 0.634. The molecule has 276 valence electrons. The minimum atomic E-state index is -4.35. The number of aromatic nitrogens is 1. The molecule has 2 aromatic carbocycles. The number of nitrogens with one attached hydrogen (secondary N) is 1. The van der Waals surface area contributed by atoms with Crippen molar-refractivity contribution in [3.63, 3.8) is 0 Å². The number of hydrogen-bond donors (Lipinski definition) is 1. The van der Waals surface area contributed by atoms with Crippen molar-refractivity contribution in [3.05, 3.63) is 47.5 Å². The molecule has 0 radical (unpaired) electrons. The maximum Gasteiger partial charge on any atom is 0.393 e. The van der Waals surface area contributed by atoms with Gasteiger partial charge in [-0.2, -0.15) is 13.2 Å². The third-order valence-electron chi connectivity index (χ3n) is 9.25. The number of ketones is 1. The summed E-state index contributed by atoms with van der Waals surface area (Å²) in [5, 5.41) is 0.589. The minimum absolute atomic E-state index is 0.145. The van der Waals surface area contributed by atoms with Gasteiger partial charge in [-0.25, -0.2) is 0 Å². The first-order chi connectivity index (χ1) is 23.4.